The third-order valence-corrected chi connectivity index (χ3v) is 2.39. The maximum atomic E-state index is 12.4. The molecule has 0 N–H and O–H groups in total. The summed E-state index contributed by atoms with van der Waals surface area (Å²) < 4.78 is 37.3. The van der Waals surface area contributed by atoms with Crippen LogP contribution in [-0.2, 0) is 0 Å². The number of hydrogen-bond donors (Lipinski definition) is 0. The summed E-state index contributed by atoms with van der Waals surface area (Å²) in [5.74, 6) is -0.0148. The zero-order valence-corrected chi connectivity index (χ0v) is 10.6. The summed E-state index contributed by atoms with van der Waals surface area (Å²) in [6.45, 7) is 2.08. The van der Waals surface area contributed by atoms with Gasteiger partial charge in [-0.3, -0.25) is 0 Å². The number of rotatable bonds is 3. The number of nitrogens with zero attached hydrogens (tertiary/aromatic N) is 3. The molecule has 96 valence electrons. The van der Waals surface area contributed by atoms with Gasteiger partial charge in [-0.25, -0.2) is 4.98 Å². The van der Waals surface area contributed by atoms with Gasteiger partial charge in [0.2, 0.25) is 5.28 Å². The second kappa shape index (κ2) is 5.27. The normalized spacial score (nSPS) is 12.0. The molecule has 0 radical (unpaired) electrons. The van der Waals surface area contributed by atoms with E-state index in [1.165, 1.54) is 6.20 Å². The Balaban J connectivity index is 3.10. The van der Waals surface area contributed by atoms with Crippen molar-refractivity contribution in [3.8, 4) is 0 Å². The van der Waals surface area contributed by atoms with Crippen LogP contribution in [0.2, 0.25) is 10.3 Å². The number of anilines is 1. The highest BCUT2D eigenvalue weighted by molar-refractivity contribution is 6.33. The summed E-state index contributed by atoms with van der Waals surface area (Å²) in [4.78, 5) is 8.34. The zero-order valence-electron chi connectivity index (χ0n) is 9.09. The highest BCUT2D eigenvalue weighted by atomic mass is 35.5. The highest BCUT2D eigenvalue weighted by Crippen LogP contribution is 2.28. The van der Waals surface area contributed by atoms with E-state index in [2.05, 4.69) is 9.97 Å². The smallest absolute Gasteiger partial charge is 0.344 e. The van der Waals surface area contributed by atoms with E-state index in [4.69, 9.17) is 23.2 Å². The highest BCUT2D eigenvalue weighted by Gasteiger charge is 2.33. The molecule has 0 bridgehead atoms. The SMILES string of the molecule is CC(C)N(CC(F)(F)F)c1nc(Cl)ncc1Cl. The van der Waals surface area contributed by atoms with Gasteiger partial charge >= 0.3 is 6.18 Å². The molecule has 3 nitrogen and oxygen atoms in total. The lowest BCUT2D eigenvalue weighted by Gasteiger charge is -2.29. The molecule has 0 fully saturated rings. The van der Waals surface area contributed by atoms with E-state index in [0.29, 0.717) is 0 Å². The van der Waals surface area contributed by atoms with Gasteiger partial charge in [0, 0.05) is 6.04 Å². The van der Waals surface area contributed by atoms with E-state index >= 15 is 0 Å². The minimum absolute atomic E-state index is 0.0148. The van der Waals surface area contributed by atoms with Crippen molar-refractivity contribution in [2.75, 3.05) is 11.4 Å². The molecule has 0 saturated heterocycles. The van der Waals surface area contributed by atoms with Gasteiger partial charge in [-0.2, -0.15) is 18.2 Å². The first-order valence-corrected chi connectivity index (χ1v) is 5.47. The first-order valence-electron chi connectivity index (χ1n) is 4.72. The van der Waals surface area contributed by atoms with E-state index < -0.39 is 18.8 Å². The van der Waals surface area contributed by atoms with Gasteiger partial charge in [-0.05, 0) is 25.4 Å². The Bertz CT molecular complexity index is 396. The Morgan fingerprint density at radius 2 is 1.94 bits per heavy atom. The first-order chi connectivity index (χ1) is 7.70. The van der Waals surface area contributed by atoms with Crippen LogP contribution in [0.3, 0.4) is 0 Å². The number of alkyl halides is 3. The van der Waals surface area contributed by atoms with E-state index in [9.17, 15) is 13.2 Å². The minimum atomic E-state index is -4.34. The molecule has 0 aliphatic heterocycles. The Kier molecular flexibility index (Phi) is 4.43. The maximum Gasteiger partial charge on any atom is 0.405 e. The third kappa shape index (κ3) is 4.20. The summed E-state index contributed by atoms with van der Waals surface area (Å²) in [7, 11) is 0. The zero-order chi connectivity index (χ0) is 13.2. The van der Waals surface area contributed by atoms with Crippen LogP contribution in [0.5, 0.6) is 0 Å². The fourth-order valence-electron chi connectivity index (χ4n) is 1.23. The van der Waals surface area contributed by atoms with E-state index in [1.54, 1.807) is 13.8 Å². The van der Waals surface area contributed by atoms with Crippen molar-refractivity contribution in [2.45, 2.75) is 26.1 Å². The average molecular weight is 288 g/mol. The van der Waals surface area contributed by atoms with Crippen molar-refractivity contribution in [3.05, 3.63) is 16.5 Å². The van der Waals surface area contributed by atoms with Gasteiger partial charge in [0.1, 0.15) is 11.6 Å². The fourth-order valence-corrected chi connectivity index (χ4v) is 1.56. The Labute approximate surface area is 107 Å². The van der Waals surface area contributed by atoms with Gasteiger partial charge in [-0.1, -0.05) is 11.6 Å². The second-order valence-electron chi connectivity index (χ2n) is 3.65. The fraction of sp³-hybridized carbons (Fsp3) is 0.556. The lowest BCUT2D eigenvalue weighted by atomic mass is 10.3. The Morgan fingerprint density at radius 1 is 1.35 bits per heavy atom. The summed E-state index contributed by atoms with van der Waals surface area (Å²) in [6, 6.07) is -0.417. The van der Waals surface area contributed by atoms with Gasteiger partial charge < -0.3 is 4.90 Å². The van der Waals surface area contributed by atoms with Gasteiger partial charge in [-0.15, -0.1) is 0 Å². The average Bonchev–Trinajstić information content (AvgIpc) is 2.17. The van der Waals surface area contributed by atoms with Crippen LogP contribution in [0.25, 0.3) is 0 Å². The molecular weight excluding hydrogens is 278 g/mol. The van der Waals surface area contributed by atoms with Crippen molar-refractivity contribution in [2.24, 2.45) is 0 Å². The molecule has 1 aromatic rings. The minimum Gasteiger partial charge on any atom is -0.344 e. The molecule has 0 atom stereocenters. The number of aromatic nitrogens is 2. The molecule has 0 spiro atoms. The molecule has 1 aromatic heterocycles. The largest absolute Gasteiger partial charge is 0.405 e. The molecule has 1 rings (SSSR count). The van der Waals surface area contributed by atoms with E-state index in [-0.39, 0.29) is 16.1 Å². The lowest BCUT2D eigenvalue weighted by molar-refractivity contribution is -0.120. The first kappa shape index (κ1) is 14.3. The summed E-state index contributed by atoms with van der Waals surface area (Å²) in [5.41, 5.74) is 0. The van der Waals surface area contributed by atoms with Crippen molar-refractivity contribution >= 4 is 29.0 Å². The number of halogens is 5. The van der Waals surface area contributed by atoms with E-state index in [1.807, 2.05) is 0 Å². The standard InChI is InChI=1S/C9H10Cl2F3N3/c1-5(2)17(4-9(12,13)14)7-6(10)3-15-8(11)16-7/h3,5H,4H2,1-2H3. The Morgan fingerprint density at radius 3 is 2.41 bits per heavy atom. The quantitative estimate of drug-likeness (QED) is 0.796. The van der Waals surface area contributed by atoms with Crippen molar-refractivity contribution < 1.29 is 13.2 Å². The molecule has 1 heterocycles. The van der Waals surface area contributed by atoms with Crippen molar-refractivity contribution in [1.82, 2.24) is 9.97 Å². The molecular formula is C9H10Cl2F3N3. The molecule has 8 heteroatoms. The van der Waals surface area contributed by atoms with Crippen LogP contribution >= 0.6 is 23.2 Å². The topological polar surface area (TPSA) is 29.0 Å². The maximum absolute atomic E-state index is 12.4. The van der Waals surface area contributed by atoms with Crippen molar-refractivity contribution in [3.63, 3.8) is 0 Å². The lowest BCUT2D eigenvalue weighted by Crippen LogP contribution is -2.39. The van der Waals surface area contributed by atoms with Crippen LogP contribution in [0.1, 0.15) is 13.8 Å². The van der Waals surface area contributed by atoms with Gasteiger partial charge in [0.25, 0.3) is 0 Å². The Hall–Kier alpha value is -0.750. The van der Waals surface area contributed by atoms with Crippen LogP contribution in [0, 0.1) is 0 Å². The predicted molar refractivity (Wildman–Crippen MR) is 60.6 cm³/mol. The van der Waals surface area contributed by atoms with Crippen LogP contribution in [-0.4, -0.2) is 28.7 Å². The monoisotopic (exact) mass is 287 g/mol. The van der Waals surface area contributed by atoms with Crippen molar-refractivity contribution in [1.29, 1.82) is 0 Å². The molecule has 0 aromatic carbocycles. The van der Waals surface area contributed by atoms with Gasteiger partial charge in [0.05, 0.1) is 6.20 Å². The summed E-state index contributed by atoms with van der Waals surface area (Å²) >= 11 is 11.3. The summed E-state index contributed by atoms with van der Waals surface area (Å²) in [6.07, 6.45) is -3.16. The predicted octanol–water partition coefficient (Wildman–Crippen LogP) is 3.56. The van der Waals surface area contributed by atoms with Crippen LogP contribution < -0.4 is 4.90 Å². The van der Waals surface area contributed by atoms with Crippen LogP contribution in [0.15, 0.2) is 6.20 Å². The number of hydrogen-bond acceptors (Lipinski definition) is 3. The second-order valence-corrected chi connectivity index (χ2v) is 4.39. The third-order valence-electron chi connectivity index (χ3n) is 1.94. The molecule has 0 saturated carbocycles. The summed E-state index contributed by atoms with van der Waals surface area (Å²) in [5, 5.41) is -0.107. The van der Waals surface area contributed by atoms with Crippen LogP contribution in [0.4, 0.5) is 19.0 Å². The molecule has 0 amide bonds. The molecule has 0 aliphatic carbocycles. The molecule has 0 unspecified atom stereocenters. The molecule has 17 heavy (non-hydrogen) atoms. The molecule has 0 aliphatic rings. The van der Waals surface area contributed by atoms with Gasteiger partial charge in [0.15, 0.2) is 5.82 Å². The van der Waals surface area contributed by atoms with E-state index in [0.717, 1.165) is 4.90 Å².